The molecule has 0 spiro atoms. The predicted molar refractivity (Wildman–Crippen MR) is 220 cm³/mol. The van der Waals surface area contributed by atoms with Crippen molar-refractivity contribution in [3.05, 3.63) is 0 Å². The van der Waals surface area contributed by atoms with Gasteiger partial charge in [-0.2, -0.15) is 0 Å². The summed E-state index contributed by atoms with van der Waals surface area (Å²) in [6.45, 7) is 13.3. The van der Waals surface area contributed by atoms with Crippen molar-refractivity contribution < 1.29 is 33.4 Å². The van der Waals surface area contributed by atoms with Crippen LogP contribution < -0.4 is 26.6 Å². The zero-order valence-electron chi connectivity index (χ0n) is 35.5. The smallest absolute Gasteiger partial charge is 0.407 e. The average Bonchev–Trinajstić information content (AvgIpc) is 3.09. The SMILES string of the molecule is C#CCCCCCCCCCCCCCCCCCC(=O)NCCN(CCC(=O)NCCNC(=O)OC(C)(C)C)CCC(=O)NCCNC(=O)OC(C)(C)C. The maximum atomic E-state index is 12.5. The van der Waals surface area contributed by atoms with E-state index in [1.807, 2.05) is 4.90 Å². The van der Waals surface area contributed by atoms with Crippen LogP contribution in [-0.2, 0) is 23.9 Å². The molecule has 55 heavy (non-hydrogen) atoms. The topological polar surface area (TPSA) is 167 Å². The zero-order chi connectivity index (χ0) is 41.2. The van der Waals surface area contributed by atoms with Crippen molar-refractivity contribution in [3.8, 4) is 12.3 Å². The lowest BCUT2D eigenvalue weighted by molar-refractivity contribution is -0.123. The molecule has 0 aromatic carbocycles. The van der Waals surface area contributed by atoms with Crippen molar-refractivity contribution in [1.82, 2.24) is 31.5 Å². The quantitative estimate of drug-likeness (QED) is 0.0370. The molecule has 0 saturated carbocycles. The highest BCUT2D eigenvalue weighted by molar-refractivity contribution is 5.77. The van der Waals surface area contributed by atoms with E-state index < -0.39 is 23.4 Å². The Morgan fingerprint density at radius 1 is 0.455 bits per heavy atom. The average molecular weight is 779 g/mol. The molecule has 0 aliphatic rings. The Morgan fingerprint density at radius 2 is 0.782 bits per heavy atom. The number of ether oxygens (including phenoxy) is 2. The van der Waals surface area contributed by atoms with Crippen molar-refractivity contribution in [3.63, 3.8) is 0 Å². The number of carbonyl (C=O) groups is 5. The molecule has 318 valence electrons. The van der Waals surface area contributed by atoms with E-state index in [4.69, 9.17) is 15.9 Å². The minimum absolute atomic E-state index is 0.0120. The largest absolute Gasteiger partial charge is 0.444 e. The van der Waals surface area contributed by atoms with Gasteiger partial charge in [0.25, 0.3) is 0 Å². The van der Waals surface area contributed by atoms with E-state index in [1.54, 1.807) is 41.5 Å². The van der Waals surface area contributed by atoms with E-state index in [0.29, 0.717) is 32.6 Å². The molecule has 0 heterocycles. The number of unbranched alkanes of at least 4 members (excludes halogenated alkanes) is 15. The summed E-state index contributed by atoms with van der Waals surface area (Å²) in [5.74, 6) is 2.35. The van der Waals surface area contributed by atoms with Gasteiger partial charge in [-0.25, -0.2) is 9.59 Å². The lowest BCUT2D eigenvalue weighted by Crippen LogP contribution is -2.41. The number of alkyl carbamates (subject to hydrolysis) is 2. The maximum Gasteiger partial charge on any atom is 0.407 e. The molecule has 0 aliphatic heterocycles. The number of amides is 5. The van der Waals surface area contributed by atoms with Gasteiger partial charge in [0.2, 0.25) is 17.7 Å². The van der Waals surface area contributed by atoms with E-state index in [9.17, 15) is 24.0 Å². The molecule has 0 aromatic rings. The number of nitrogens with zero attached hydrogens (tertiary/aromatic N) is 1. The number of carbonyl (C=O) groups excluding carboxylic acids is 5. The van der Waals surface area contributed by atoms with Crippen LogP contribution in [-0.4, -0.2) is 98.4 Å². The highest BCUT2D eigenvalue weighted by atomic mass is 16.6. The summed E-state index contributed by atoms with van der Waals surface area (Å²) >= 11 is 0. The fraction of sp³-hybridized carbons (Fsp3) is 0.833. The van der Waals surface area contributed by atoms with Crippen molar-refractivity contribution in [2.24, 2.45) is 0 Å². The van der Waals surface area contributed by atoms with Gasteiger partial charge in [-0.05, 0) is 54.4 Å². The monoisotopic (exact) mass is 779 g/mol. The predicted octanol–water partition coefficient (Wildman–Crippen LogP) is 6.73. The van der Waals surface area contributed by atoms with Crippen molar-refractivity contribution in [1.29, 1.82) is 0 Å². The summed E-state index contributed by atoms with van der Waals surface area (Å²) in [5, 5.41) is 13.8. The molecule has 0 unspecified atom stereocenters. The first-order valence-electron chi connectivity index (χ1n) is 21.0. The van der Waals surface area contributed by atoms with Gasteiger partial charge in [-0.3, -0.25) is 14.4 Å². The van der Waals surface area contributed by atoms with Crippen LogP contribution in [0.15, 0.2) is 0 Å². The van der Waals surface area contributed by atoms with Gasteiger partial charge in [0.15, 0.2) is 0 Å². The van der Waals surface area contributed by atoms with Gasteiger partial charge >= 0.3 is 12.2 Å². The number of terminal acetylenes is 1. The summed E-state index contributed by atoms with van der Waals surface area (Å²) in [5.41, 5.74) is -1.21. The minimum atomic E-state index is -0.604. The van der Waals surface area contributed by atoms with Gasteiger partial charge in [0.1, 0.15) is 11.2 Å². The molecule has 0 aromatic heterocycles. The van der Waals surface area contributed by atoms with Crippen LogP contribution in [0, 0.1) is 12.3 Å². The molecule has 0 bridgehead atoms. The molecule has 0 radical (unpaired) electrons. The molecule has 5 amide bonds. The van der Waals surface area contributed by atoms with Gasteiger partial charge in [0.05, 0.1) is 0 Å². The summed E-state index contributed by atoms with van der Waals surface area (Å²) in [6, 6.07) is 0. The standard InChI is InChI=1S/C42H78N6O7/c1-8-9-10-11-12-13-14-15-16-17-18-19-20-21-22-23-24-25-36(49)45-32-35-48(33-26-37(50)43-28-30-46-39(52)54-41(2,3)4)34-27-38(51)44-29-31-47-40(53)55-42(5,6)7/h1H,9-35H2,2-7H3,(H,43,50)(H,44,51)(H,45,49)(H,46,52)(H,47,53). The van der Waals surface area contributed by atoms with E-state index in [-0.39, 0.29) is 56.7 Å². The van der Waals surface area contributed by atoms with E-state index in [0.717, 1.165) is 25.7 Å². The van der Waals surface area contributed by atoms with Crippen molar-refractivity contribution in [2.75, 3.05) is 52.4 Å². The molecule has 0 saturated heterocycles. The fourth-order valence-corrected chi connectivity index (χ4v) is 5.65. The highest BCUT2D eigenvalue weighted by Gasteiger charge is 2.17. The highest BCUT2D eigenvalue weighted by Crippen LogP contribution is 2.14. The normalized spacial score (nSPS) is 11.4. The third kappa shape index (κ3) is 38.5. The first-order chi connectivity index (χ1) is 26.1. The van der Waals surface area contributed by atoms with Crippen LogP contribution in [0.5, 0.6) is 0 Å². The van der Waals surface area contributed by atoms with Crippen LogP contribution in [0.2, 0.25) is 0 Å². The Labute approximate surface area is 333 Å². The number of hydrogen-bond donors (Lipinski definition) is 5. The molecule has 13 heteroatoms. The fourth-order valence-electron chi connectivity index (χ4n) is 5.65. The molecule has 13 nitrogen and oxygen atoms in total. The van der Waals surface area contributed by atoms with E-state index in [1.165, 1.54) is 77.0 Å². The van der Waals surface area contributed by atoms with E-state index >= 15 is 0 Å². The first-order valence-corrected chi connectivity index (χ1v) is 21.0. The Morgan fingerprint density at radius 3 is 1.16 bits per heavy atom. The van der Waals surface area contributed by atoms with Gasteiger partial charge in [-0.1, -0.05) is 83.5 Å². The van der Waals surface area contributed by atoms with Crippen LogP contribution in [0.4, 0.5) is 9.59 Å². The van der Waals surface area contributed by atoms with Crippen LogP contribution in [0.25, 0.3) is 0 Å². The van der Waals surface area contributed by atoms with Crippen molar-refractivity contribution in [2.45, 2.75) is 175 Å². The third-order valence-corrected chi connectivity index (χ3v) is 8.52. The van der Waals surface area contributed by atoms with Gasteiger partial charge in [-0.15, -0.1) is 12.3 Å². The number of rotatable bonds is 32. The molecule has 0 rings (SSSR count). The molecule has 5 N–H and O–H groups in total. The molecule has 0 fully saturated rings. The van der Waals surface area contributed by atoms with Gasteiger partial charge < -0.3 is 41.0 Å². The van der Waals surface area contributed by atoms with Crippen molar-refractivity contribution >= 4 is 29.9 Å². The Bertz CT molecular complexity index is 1050. The lowest BCUT2D eigenvalue weighted by Gasteiger charge is -2.22. The summed E-state index contributed by atoms with van der Waals surface area (Å²) in [6.07, 6.45) is 24.6. The number of nitrogens with one attached hydrogen (secondary N) is 5. The molecule has 0 aliphatic carbocycles. The lowest BCUT2D eigenvalue weighted by atomic mass is 10.0. The first kappa shape index (κ1) is 51.5. The maximum absolute atomic E-state index is 12.5. The van der Waals surface area contributed by atoms with E-state index in [2.05, 4.69) is 32.5 Å². The molecule has 0 atom stereocenters. The zero-order valence-corrected chi connectivity index (χ0v) is 35.5. The second kappa shape index (κ2) is 32.7. The Balaban J connectivity index is 4.35. The summed E-state index contributed by atoms with van der Waals surface area (Å²) in [4.78, 5) is 63.1. The molecular weight excluding hydrogens is 700 g/mol. The van der Waals surface area contributed by atoms with Crippen LogP contribution in [0.1, 0.15) is 164 Å². The summed E-state index contributed by atoms with van der Waals surface area (Å²) in [7, 11) is 0. The second-order valence-corrected chi connectivity index (χ2v) is 16.3. The Kier molecular flexibility index (Phi) is 30.6. The van der Waals surface area contributed by atoms with Crippen LogP contribution >= 0.6 is 0 Å². The molecular formula is C42H78N6O7. The summed E-state index contributed by atoms with van der Waals surface area (Å²) < 4.78 is 10.4. The third-order valence-electron chi connectivity index (χ3n) is 8.52. The minimum Gasteiger partial charge on any atom is -0.444 e. The number of hydrogen-bond acceptors (Lipinski definition) is 8. The van der Waals surface area contributed by atoms with Crippen LogP contribution in [0.3, 0.4) is 0 Å². The second-order valence-electron chi connectivity index (χ2n) is 16.3. The Hall–Kier alpha value is -3.53. The van der Waals surface area contributed by atoms with Gasteiger partial charge in [0, 0.05) is 78.0 Å².